The van der Waals surface area contributed by atoms with Crippen LogP contribution in [-0.2, 0) is 0 Å². The molecule has 0 aliphatic carbocycles. The van der Waals surface area contributed by atoms with Crippen LogP contribution in [0.15, 0.2) is 12.0 Å². The summed E-state index contributed by atoms with van der Waals surface area (Å²) in [5.74, 6) is -0.254. The molecule has 0 aromatic heterocycles. The van der Waals surface area contributed by atoms with E-state index in [1.165, 1.54) is 0 Å². The molecule has 0 unspecified atom stereocenters. The molecule has 0 aliphatic heterocycles. The van der Waals surface area contributed by atoms with Gasteiger partial charge in [0.25, 0.3) is 0 Å². The highest BCUT2D eigenvalue weighted by molar-refractivity contribution is 5.93. The van der Waals surface area contributed by atoms with Crippen molar-refractivity contribution in [3.8, 4) is 0 Å². The molecular weight excluding hydrogens is 134 g/mol. The van der Waals surface area contributed by atoms with Crippen molar-refractivity contribution >= 4 is 5.84 Å². The molecule has 0 atom stereocenters. The van der Waals surface area contributed by atoms with Gasteiger partial charge in [0.2, 0.25) is 0 Å². The van der Waals surface area contributed by atoms with Gasteiger partial charge in [-0.25, -0.2) is 0 Å². The molecule has 0 heterocycles. The second kappa shape index (κ2) is 4.63. The Bertz CT molecular complexity index is 144. The summed E-state index contributed by atoms with van der Waals surface area (Å²) in [5, 5.41) is 26.1. The van der Waals surface area contributed by atoms with Gasteiger partial charge in [-0.15, -0.1) is 0 Å². The van der Waals surface area contributed by atoms with Crippen LogP contribution >= 0.6 is 0 Å². The molecule has 58 valence electrons. The van der Waals surface area contributed by atoms with Gasteiger partial charge in [-0.3, -0.25) is 5.41 Å². The first-order chi connectivity index (χ1) is 4.72. The molecule has 0 aromatic rings. The van der Waals surface area contributed by atoms with Crippen molar-refractivity contribution in [1.29, 1.82) is 5.41 Å². The summed E-state index contributed by atoms with van der Waals surface area (Å²) >= 11 is 0. The molecule has 5 heteroatoms. The van der Waals surface area contributed by atoms with Gasteiger partial charge in [0.05, 0.1) is 6.61 Å². The third-order valence-electron chi connectivity index (χ3n) is 0.847. The van der Waals surface area contributed by atoms with Crippen LogP contribution in [0.4, 0.5) is 0 Å². The minimum atomic E-state index is -0.254. The third-order valence-corrected chi connectivity index (χ3v) is 0.847. The molecule has 0 aliphatic rings. The normalized spacial score (nSPS) is 11.1. The molecule has 5 nitrogen and oxygen atoms in total. The summed E-state index contributed by atoms with van der Waals surface area (Å²) in [7, 11) is 0. The van der Waals surface area contributed by atoms with Gasteiger partial charge in [-0.05, 0) is 0 Å². The number of hydrogen-bond donors (Lipinski definition) is 5. The first-order valence-corrected chi connectivity index (χ1v) is 2.76. The minimum Gasteiger partial charge on any atom is -0.513 e. The SMILES string of the molecule is N=C(N)C(=CO)NCCO. The summed E-state index contributed by atoms with van der Waals surface area (Å²) < 4.78 is 0. The number of nitrogens with one attached hydrogen (secondary N) is 2. The molecule has 0 saturated carbocycles. The average Bonchev–Trinajstić information content (AvgIpc) is 1.89. The summed E-state index contributed by atoms with van der Waals surface area (Å²) in [6.45, 7) is 0.205. The van der Waals surface area contributed by atoms with E-state index in [1.807, 2.05) is 0 Å². The zero-order valence-electron chi connectivity index (χ0n) is 5.46. The summed E-state index contributed by atoms with van der Waals surface area (Å²) in [6, 6.07) is 0. The highest BCUT2D eigenvalue weighted by Gasteiger charge is 1.97. The Morgan fingerprint density at radius 3 is 2.60 bits per heavy atom. The van der Waals surface area contributed by atoms with Crippen molar-refractivity contribution in [1.82, 2.24) is 5.32 Å². The highest BCUT2D eigenvalue weighted by Crippen LogP contribution is 1.82. The summed E-state index contributed by atoms with van der Waals surface area (Å²) in [4.78, 5) is 0. The Labute approximate surface area is 58.7 Å². The van der Waals surface area contributed by atoms with Crippen LogP contribution in [0.25, 0.3) is 0 Å². The van der Waals surface area contributed by atoms with E-state index in [9.17, 15) is 0 Å². The second-order valence-corrected chi connectivity index (χ2v) is 1.61. The Balaban J connectivity index is 3.74. The molecule has 0 spiro atoms. The van der Waals surface area contributed by atoms with Crippen molar-refractivity contribution in [2.24, 2.45) is 5.73 Å². The number of aliphatic hydroxyl groups is 2. The summed E-state index contributed by atoms with van der Waals surface area (Å²) in [6.07, 6.45) is 0.692. The van der Waals surface area contributed by atoms with Gasteiger partial charge in [0, 0.05) is 6.54 Å². The maximum atomic E-state index is 8.40. The van der Waals surface area contributed by atoms with Crippen molar-refractivity contribution < 1.29 is 10.2 Å². The summed E-state index contributed by atoms with van der Waals surface area (Å²) in [5.41, 5.74) is 5.12. The zero-order chi connectivity index (χ0) is 7.98. The first kappa shape index (κ1) is 8.77. The standard InChI is InChI=1S/C5H11N3O2/c6-5(7)4(3-10)8-1-2-9/h3,8-10H,1-2H2,(H3,6,7). The fourth-order valence-corrected chi connectivity index (χ4v) is 0.401. The molecular formula is C5H11N3O2. The fourth-order valence-electron chi connectivity index (χ4n) is 0.401. The van der Waals surface area contributed by atoms with Crippen LogP contribution in [-0.4, -0.2) is 29.2 Å². The number of nitrogens with two attached hydrogens (primary N) is 1. The third kappa shape index (κ3) is 2.93. The Morgan fingerprint density at radius 1 is 1.70 bits per heavy atom. The molecule has 0 rings (SSSR count). The number of rotatable bonds is 4. The smallest absolute Gasteiger partial charge is 0.142 e. The van der Waals surface area contributed by atoms with Crippen LogP contribution in [0.5, 0.6) is 0 Å². The zero-order valence-corrected chi connectivity index (χ0v) is 5.46. The maximum absolute atomic E-state index is 8.40. The Kier molecular flexibility index (Phi) is 4.06. The first-order valence-electron chi connectivity index (χ1n) is 2.76. The molecule has 10 heavy (non-hydrogen) atoms. The number of aliphatic hydroxyl groups excluding tert-OH is 2. The second-order valence-electron chi connectivity index (χ2n) is 1.61. The molecule has 0 aromatic carbocycles. The number of hydrogen-bond acceptors (Lipinski definition) is 4. The largest absolute Gasteiger partial charge is 0.513 e. The van der Waals surface area contributed by atoms with E-state index in [4.69, 9.17) is 21.4 Å². The quantitative estimate of drug-likeness (QED) is 0.197. The Hall–Kier alpha value is -1.23. The van der Waals surface area contributed by atoms with E-state index in [1.54, 1.807) is 0 Å². The van der Waals surface area contributed by atoms with Crippen molar-refractivity contribution in [3.05, 3.63) is 12.0 Å². The van der Waals surface area contributed by atoms with E-state index in [-0.39, 0.29) is 24.7 Å². The molecule has 0 amide bonds. The van der Waals surface area contributed by atoms with Gasteiger partial charge in [0.15, 0.2) is 0 Å². The van der Waals surface area contributed by atoms with E-state index in [0.29, 0.717) is 6.26 Å². The van der Waals surface area contributed by atoms with Gasteiger partial charge in [-0.1, -0.05) is 0 Å². The van der Waals surface area contributed by atoms with Gasteiger partial charge in [0.1, 0.15) is 17.8 Å². The van der Waals surface area contributed by atoms with Crippen LogP contribution in [0, 0.1) is 5.41 Å². The van der Waals surface area contributed by atoms with Gasteiger partial charge < -0.3 is 21.3 Å². The molecule has 6 N–H and O–H groups in total. The van der Waals surface area contributed by atoms with Crippen LogP contribution in [0.3, 0.4) is 0 Å². The van der Waals surface area contributed by atoms with E-state index < -0.39 is 0 Å². The van der Waals surface area contributed by atoms with Crippen LogP contribution < -0.4 is 11.1 Å². The maximum Gasteiger partial charge on any atom is 0.142 e. The Morgan fingerprint density at radius 2 is 2.30 bits per heavy atom. The molecule has 0 bridgehead atoms. The minimum absolute atomic E-state index is 0.0649. The van der Waals surface area contributed by atoms with Gasteiger partial charge >= 0.3 is 0 Å². The van der Waals surface area contributed by atoms with Crippen LogP contribution in [0.2, 0.25) is 0 Å². The topological polar surface area (TPSA) is 102 Å². The lowest BCUT2D eigenvalue weighted by molar-refractivity contribution is 0.297. The lowest BCUT2D eigenvalue weighted by Gasteiger charge is -2.04. The monoisotopic (exact) mass is 145 g/mol. The lowest BCUT2D eigenvalue weighted by atomic mass is 10.4. The van der Waals surface area contributed by atoms with Crippen LogP contribution in [0.1, 0.15) is 0 Å². The average molecular weight is 145 g/mol. The van der Waals surface area contributed by atoms with Crippen molar-refractivity contribution in [2.45, 2.75) is 0 Å². The highest BCUT2D eigenvalue weighted by atomic mass is 16.3. The van der Waals surface area contributed by atoms with Gasteiger partial charge in [-0.2, -0.15) is 0 Å². The fraction of sp³-hybridized carbons (Fsp3) is 0.400. The predicted octanol–water partition coefficient (Wildman–Crippen LogP) is -1.10. The molecule has 0 radical (unpaired) electrons. The van der Waals surface area contributed by atoms with Crippen molar-refractivity contribution in [2.75, 3.05) is 13.2 Å². The molecule has 0 saturated heterocycles. The lowest BCUT2D eigenvalue weighted by Crippen LogP contribution is -2.27. The molecule has 0 fully saturated rings. The van der Waals surface area contributed by atoms with Crippen molar-refractivity contribution in [3.63, 3.8) is 0 Å². The van der Waals surface area contributed by atoms with E-state index in [0.717, 1.165) is 0 Å². The van der Waals surface area contributed by atoms with E-state index >= 15 is 0 Å². The number of amidine groups is 1. The van der Waals surface area contributed by atoms with E-state index in [2.05, 4.69) is 5.32 Å². The predicted molar refractivity (Wildman–Crippen MR) is 37.7 cm³/mol.